The van der Waals surface area contributed by atoms with Crippen molar-refractivity contribution in [1.29, 1.82) is 0 Å². The Morgan fingerprint density at radius 1 is 1.42 bits per heavy atom. The molecule has 2 N–H and O–H groups in total. The van der Waals surface area contributed by atoms with Crippen LogP contribution in [0.4, 0.5) is 10.5 Å². The highest BCUT2D eigenvalue weighted by molar-refractivity contribution is 7.07. The maximum Gasteiger partial charge on any atom is 0.321 e. The van der Waals surface area contributed by atoms with E-state index < -0.39 is 0 Å². The van der Waals surface area contributed by atoms with Crippen LogP contribution in [0.5, 0.6) is 0 Å². The number of amides is 2. The lowest BCUT2D eigenvalue weighted by Gasteiger charge is -2.31. The Bertz CT molecular complexity index is 891. The first-order chi connectivity index (χ1) is 12.7. The summed E-state index contributed by atoms with van der Waals surface area (Å²) in [5.41, 5.74) is 4.50. The maximum absolute atomic E-state index is 12.7. The molecule has 3 heterocycles. The van der Waals surface area contributed by atoms with Crippen LogP contribution < -0.4 is 5.32 Å². The van der Waals surface area contributed by atoms with Gasteiger partial charge in [-0.3, -0.25) is 5.10 Å². The fourth-order valence-corrected chi connectivity index (χ4v) is 3.79. The summed E-state index contributed by atoms with van der Waals surface area (Å²) in [6, 6.07) is 7.69. The molecular formula is C18H20N6OS. The molecule has 1 aliphatic rings. The number of nitrogens with one attached hydrogen (secondary N) is 2. The largest absolute Gasteiger partial charge is 0.324 e. The van der Waals surface area contributed by atoms with E-state index in [-0.39, 0.29) is 11.9 Å². The molecule has 26 heavy (non-hydrogen) atoms. The van der Waals surface area contributed by atoms with Crippen molar-refractivity contribution in [2.45, 2.75) is 25.7 Å². The van der Waals surface area contributed by atoms with Gasteiger partial charge in [0.05, 0.1) is 11.2 Å². The molecule has 4 rings (SSSR count). The van der Waals surface area contributed by atoms with Gasteiger partial charge < -0.3 is 10.2 Å². The second-order valence-electron chi connectivity index (χ2n) is 6.45. The van der Waals surface area contributed by atoms with Gasteiger partial charge in [-0.15, -0.1) is 11.3 Å². The Hall–Kier alpha value is -2.74. The van der Waals surface area contributed by atoms with Gasteiger partial charge in [-0.25, -0.2) is 14.8 Å². The van der Waals surface area contributed by atoms with E-state index in [2.05, 4.69) is 25.5 Å². The van der Waals surface area contributed by atoms with E-state index in [0.717, 1.165) is 48.0 Å². The highest BCUT2D eigenvalue weighted by Crippen LogP contribution is 2.26. The number of aromatic amines is 1. The number of rotatable bonds is 3. The summed E-state index contributed by atoms with van der Waals surface area (Å²) in [7, 11) is 0. The number of hydrogen-bond donors (Lipinski definition) is 2. The number of carbonyl (C=O) groups excluding carboxylic acids is 1. The Morgan fingerprint density at radius 3 is 3.12 bits per heavy atom. The smallest absolute Gasteiger partial charge is 0.321 e. The fraction of sp³-hybridized carbons (Fsp3) is 0.333. The minimum Gasteiger partial charge on any atom is -0.324 e. The number of nitrogens with zero attached hydrogens (tertiary/aromatic N) is 4. The van der Waals surface area contributed by atoms with Crippen molar-refractivity contribution in [3.05, 3.63) is 46.8 Å². The van der Waals surface area contributed by atoms with E-state index in [1.165, 1.54) is 0 Å². The molecule has 0 bridgehead atoms. The van der Waals surface area contributed by atoms with Crippen molar-refractivity contribution in [2.24, 2.45) is 0 Å². The quantitative estimate of drug-likeness (QED) is 0.739. The van der Waals surface area contributed by atoms with Crippen LogP contribution in [0, 0.1) is 6.92 Å². The number of H-pyrrole nitrogens is 1. The zero-order chi connectivity index (χ0) is 17.9. The third-order valence-corrected chi connectivity index (χ3v) is 5.12. The van der Waals surface area contributed by atoms with Crippen LogP contribution in [0.25, 0.3) is 11.3 Å². The van der Waals surface area contributed by atoms with Crippen LogP contribution in [0.15, 0.2) is 35.2 Å². The topological polar surface area (TPSA) is 86.8 Å². The standard InChI is InChI=1S/C18H20N6OS/c1-12-20-17(23-22-12)14-5-3-7-24(9-14)18(25)21-15-6-2-4-13(8-15)16-10-26-11-19-16/h2,4,6,8,10-11,14H,3,5,7,9H2,1H3,(H,21,25)(H,20,22,23)/t14-/m1/s1. The molecule has 0 unspecified atom stereocenters. The highest BCUT2D eigenvalue weighted by Gasteiger charge is 2.27. The van der Waals surface area contributed by atoms with Gasteiger partial charge in [0.15, 0.2) is 5.82 Å². The fourth-order valence-electron chi connectivity index (χ4n) is 3.23. The lowest BCUT2D eigenvalue weighted by atomic mass is 9.97. The molecule has 0 aliphatic carbocycles. The van der Waals surface area contributed by atoms with Crippen molar-refractivity contribution >= 4 is 23.1 Å². The molecule has 0 radical (unpaired) electrons. The normalized spacial score (nSPS) is 17.3. The monoisotopic (exact) mass is 368 g/mol. The third kappa shape index (κ3) is 3.60. The van der Waals surface area contributed by atoms with Gasteiger partial charge in [-0.2, -0.15) is 5.10 Å². The van der Waals surface area contributed by atoms with Gasteiger partial charge in [-0.05, 0) is 31.9 Å². The zero-order valence-electron chi connectivity index (χ0n) is 14.5. The number of carbonyl (C=O) groups is 1. The van der Waals surface area contributed by atoms with Gasteiger partial charge in [-0.1, -0.05) is 12.1 Å². The molecule has 134 valence electrons. The van der Waals surface area contributed by atoms with Gasteiger partial charge in [0, 0.05) is 35.6 Å². The number of aromatic nitrogens is 4. The first-order valence-electron chi connectivity index (χ1n) is 8.62. The van der Waals surface area contributed by atoms with Crippen molar-refractivity contribution < 1.29 is 4.79 Å². The SMILES string of the molecule is Cc1nc([C@@H]2CCCN(C(=O)Nc3cccc(-c4cscn4)c3)C2)n[nH]1. The Balaban J connectivity index is 1.44. The molecule has 1 aromatic carbocycles. The van der Waals surface area contributed by atoms with E-state index in [1.807, 2.05) is 41.5 Å². The van der Waals surface area contributed by atoms with Gasteiger partial charge in [0.1, 0.15) is 5.82 Å². The molecule has 0 spiro atoms. The molecule has 1 aliphatic heterocycles. The molecular weight excluding hydrogens is 348 g/mol. The molecule has 0 saturated carbocycles. The average Bonchev–Trinajstić information content (AvgIpc) is 3.34. The number of likely N-dealkylation sites (tertiary alicyclic amines) is 1. The van der Waals surface area contributed by atoms with E-state index in [1.54, 1.807) is 16.8 Å². The van der Waals surface area contributed by atoms with Crippen molar-refractivity contribution in [3.63, 3.8) is 0 Å². The number of aryl methyl sites for hydroxylation is 1. The van der Waals surface area contributed by atoms with Crippen molar-refractivity contribution in [3.8, 4) is 11.3 Å². The van der Waals surface area contributed by atoms with E-state index in [4.69, 9.17) is 0 Å². The first kappa shape index (κ1) is 16.7. The Labute approximate surface area is 155 Å². The molecule has 1 saturated heterocycles. The molecule has 3 aromatic rings. The van der Waals surface area contributed by atoms with Crippen molar-refractivity contribution in [2.75, 3.05) is 18.4 Å². The second-order valence-corrected chi connectivity index (χ2v) is 7.17. The van der Waals surface area contributed by atoms with Crippen LogP contribution in [-0.4, -0.2) is 44.2 Å². The maximum atomic E-state index is 12.7. The third-order valence-electron chi connectivity index (χ3n) is 4.53. The molecule has 7 nitrogen and oxygen atoms in total. The number of anilines is 1. The molecule has 2 aromatic heterocycles. The van der Waals surface area contributed by atoms with Crippen molar-refractivity contribution in [1.82, 2.24) is 25.1 Å². The molecule has 1 atom stereocenters. The van der Waals surface area contributed by atoms with Gasteiger partial charge in [0.25, 0.3) is 0 Å². The predicted octanol–water partition coefficient (Wildman–Crippen LogP) is 3.65. The van der Waals surface area contributed by atoms with Gasteiger partial charge >= 0.3 is 6.03 Å². The summed E-state index contributed by atoms with van der Waals surface area (Å²) < 4.78 is 0. The van der Waals surface area contributed by atoms with E-state index in [9.17, 15) is 4.79 Å². The van der Waals surface area contributed by atoms with E-state index >= 15 is 0 Å². The minimum atomic E-state index is -0.0858. The van der Waals surface area contributed by atoms with Crippen LogP contribution >= 0.6 is 11.3 Å². The second kappa shape index (κ2) is 7.25. The summed E-state index contributed by atoms with van der Waals surface area (Å²) in [6.07, 6.45) is 1.95. The minimum absolute atomic E-state index is 0.0858. The number of piperidine rings is 1. The number of urea groups is 1. The van der Waals surface area contributed by atoms with E-state index in [0.29, 0.717) is 6.54 Å². The predicted molar refractivity (Wildman–Crippen MR) is 101 cm³/mol. The average molecular weight is 368 g/mol. The van der Waals surface area contributed by atoms with Gasteiger partial charge in [0.2, 0.25) is 0 Å². The summed E-state index contributed by atoms with van der Waals surface area (Å²) in [6.45, 7) is 3.27. The molecule has 2 amide bonds. The van der Waals surface area contributed by atoms with Crippen LogP contribution in [-0.2, 0) is 0 Å². The lowest BCUT2D eigenvalue weighted by Crippen LogP contribution is -2.41. The summed E-state index contributed by atoms with van der Waals surface area (Å²) in [5.74, 6) is 1.78. The number of hydrogen-bond acceptors (Lipinski definition) is 5. The number of benzene rings is 1. The van der Waals surface area contributed by atoms with Crippen LogP contribution in [0.3, 0.4) is 0 Å². The lowest BCUT2D eigenvalue weighted by molar-refractivity contribution is 0.191. The van der Waals surface area contributed by atoms with Crippen LogP contribution in [0.2, 0.25) is 0 Å². The summed E-state index contributed by atoms with van der Waals surface area (Å²) in [5, 5.41) is 12.1. The number of thiazole rings is 1. The Kier molecular flexibility index (Phi) is 4.66. The molecule has 1 fully saturated rings. The zero-order valence-corrected chi connectivity index (χ0v) is 15.3. The molecule has 8 heteroatoms. The summed E-state index contributed by atoms with van der Waals surface area (Å²) in [4.78, 5) is 23.3. The Morgan fingerprint density at radius 2 is 2.35 bits per heavy atom. The first-order valence-corrected chi connectivity index (χ1v) is 9.57. The summed E-state index contributed by atoms with van der Waals surface area (Å²) >= 11 is 1.56. The highest BCUT2D eigenvalue weighted by atomic mass is 32.1. The van der Waals surface area contributed by atoms with Crippen LogP contribution in [0.1, 0.15) is 30.4 Å².